The molecule has 23 heavy (non-hydrogen) atoms. The maximum absolute atomic E-state index is 11.9. The number of anilines is 1. The van der Waals surface area contributed by atoms with Gasteiger partial charge in [-0.15, -0.1) is 0 Å². The van der Waals surface area contributed by atoms with Crippen LogP contribution in [0.2, 0.25) is 0 Å². The molecular formula is C16H21N5O2. The Morgan fingerprint density at radius 1 is 1.35 bits per heavy atom. The minimum absolute atomic E-state index is 0.132. The van der Waals surface area contributed by atoms with Gasteiger partial charge in [0.1, 0.15) is 11.8 Å². The van der Waals surface area contributed by atoms with E-state index in [2.05, 4.69) is 27.1 Å². The van der Waals surface area contributed by atoms with Gasteiger partial charge in [0.15, 0.2) is 11.5 Å². The molecule has 0 fully saturated rings. The van der Waals surface area contributed by atoms with Crippen molar-refractivity contribution in [3.05, 3.63) is 24.8 Å². The van der Waals surface area contributed by atoms with Crippen LogP contribution in [0.15, 0.2) is 24.8 Å². The van der Waals surface area contributed by atoms with Crippen molar-refractivity contribution in [3.63, 3.8) is 0 Å². The molecule has 2 heterocycles. The molecule has 7 nitrogen and oxygen atoms in total. The number of esters is 1. The minimum Gasteiger partial charge on any atom is -0.465 e. The molecule has 3 rings (SSSR count). The molecule has 0 aliphatic heterocycles. The molecule has 0 unspecified atom stereocenters. The van der Waals surface area contributed by atoms with Crippen molar-refractivity contribution in [1.29, 1.82) is 0 Å². The summed E-state index contributed by atoms with van der Waals surface area (Å²) < 4.78 is 7.38. The van der Waals surface area contributed by atoms with Gasteiger partial charge in [-0.25, -0.2) is 15.0 Å². The second kappa shape index (κ2) is 5.64. The first-order chi connectivity index (χ1) is 10.9. The lowest BCUT2D eigenvalue weighted by atomic mass is 9.97. The Morgan fingerprint density at radius 3 is 2.87 bits per heavy atom. The lowest BCUT2D eigenvalue weighted by molar-refractivity contribution is -0.153. The van der Waals surface area contributed by atoms with Gasteiger partial charge < -0.3 is 15.0 Å². The van der Waals surface area contributed by atoms with Crippen LogP contribution in [0.25, 0.3) is 11.2 Å². The number of hydrogen-bond donors (Lipinski definition) is 1. The highest BCUT2D eigenvalue weighted by Gasteiger charge is 2.27. The van der Waals surface area contributed by atoms with Crippen molar-refractivity contribution in [2.24, 2.45) is 11.3 Å². The summed E-state index contributed by atoms with van der Waals surface area (Å²) >= 11 is 0. The number of nitrogens with zero attached hydrogens (tertiary/aromatic N) is 4. The average molecular weight is 315 g/mol. The molecule has 0 spiro atoms. The molecule has 122 valence electrons. The largest absolute Gasteiger partial charge is 0.465 e. The predicted molar refractivity (Wildman–Crippen MR) is 86.4 cm³/mol. The maximum atomic E-state index is 11.9. The molecule has 0 saturated carbocycles. The number of carbonyl (C=O) groups is 1. The number of imidazole rings is 1. The van der Waals surface area contributed by atoms with Gasteiger partial charge in [0, 0.05) is 5.92 Å². The van der Waals surface area contributed by atoms with Crippen LogP contribution in [0.1, 0.15) is 33.2 Å². The van der Waals surface area contributed by atoms with Crippen LogP contribution in [0.5, 0.6) is 0 Å². The third-order valence-corrected chi connectivity index (χ3v) is 3.93. The van der Waals surface area contributed by atoms with Crippen molar-refractivity contribution in [1.82, 2.24) is 19.5 Å². The molecule has 2 N–H and O–H groups in total. The van der Waals surface area contributed by atoms with Gasteiger partial charge in [0.2, 0.25) is 0 Å². The van der Waals surface area contributed by atoms with Crippen LogP contribution < -0.4 is 5.73 Å². The number of fused-ring (bicyclic) bond motifs is 1. The molecule has 0 saturated heterocycles. The van der Waals surface area contributed by atoms with Crippen molar-refractivity contribution in [2.45, 2.75) is 33.2 Å². The SMILES string of the molecule is CC(C)(C)C(=O)OC[C@@H]1C=C[C@H](n2cnc3c(N)ncnc32)C1. The van der Waals surface area contributed by atoms with Crippen LogP contribution in [0.3, 0.4) is 0 Å². The summed E-state index contributed by atoms with van der Waals surface area (Å²) in [5, 5.41) is 0. The van der Waals surface area contributed by atoms with E-state index in [-0.39, 0.29) is 17.9 Å². The Morgan fingerprint density at radius 2 is 2.13 bits per heavy atom. The number of ether oxygens (including phenoxy) is 1. The minimum atomic E-state index is -0.475. The number of nitrogens with two attached hydrogens (primary N) is 1. The second-order valence-corrected chi connectivity index (χ2v) is 6.88. The van der Waals surface area contributed by atoms with Crippen LogP contribution in [0, 0.1) is 11.3 Å². The van der Waals surface area contributed by atoms with Gasteiger partial charge in [-0.3, -0.25) is 4.79 Å². The zero-order chi connectivity index (χ0) is 16.6. The molecule has 2 aromatic rings. The molecule has 0 aromatic carbocycles. The molecule has 2 aromatic heterocycles. The zero-order valence-corrected chi connectivity index (χ0v) is 13.6. The first-order valence-corrected chi connectivity index (χ1v) is 7.65. The van der Waals surface area contributed by atoms with Crippen LogP contribution in [-0.4, -0.2) is 32.1 Å². The van der Waals surface area contributed by atoms with Gasteiger partial charge in [-0.2, -0.15) is 0 Å². The van der Waals surface area contributed by atoms with Gasteiger partial charge in [0.25, 0.3) is 0 Å². The number of aromatic nitrogens is 4. The van der Waals surface area contributed by atoms with E-state index in [4.69, 9.17) is 10.5 Å². The smallest absolute Gasteiger partial charge is 0.311 e. The topological polar surface area (TPSA) is 95.9 Å². The van der Waals surface area contributed by atoms with Crippen molar-refractivity contribution in [2.75, 3.05) is 12.3 Å². The van der Waals surface area contributed by atoms with Gasteiger partial charge >= 0.3 is 5.97 Å². The highest BCUT2D eigenvalue weighted by atomic mass is 16.5. The van der Waals surface area contributed by atoms with Crippen molar-refractivity contribution < 1.29 is 9.53 Å². The van der Waals surface area contributed by atoms with E-state index in [1.807, 2.05) is 25.3 Å². The Balaban J connectivity index is 1.67. The Kier molecular flexibility index (Phi) is 3.79. The summed E-state index contributed by atoms with van der Waals surface area (Å²) in [6.45, 7) is 5.95. The number of allylic oxidation sites excluding steroid dienone is 1. The monoisotopic (exact) mass is 315 g/mol. The standard InChI is InChI=1S/C16H21N5O2/c1-16(2,3)15(22)23-7-10-4-5-11(6-10)21-9-20-12-13(17)18-8-19-14(12)21/h4-5,8-11H,6-7H2,1-3H3,(H2,17,18,19)/t10-,11+/m1/s1. The Labute approximate surface area is 134 Å². The quantitative estimate of drug-likeness (QED) is 0.688. The van der Waals surface area contributed by atoms with Gasteiger partial charge in [0.05, 0.1) is 24.4 Å². The van der Waals surface area contributed by atoms with E-state index in [1.165, 1.54) is 6.33 Å². The summed E-state index contributed by atoms with van der Waals surface area (Å²) in [6, 6.07) is 0.132. The van der Waals surface area contributed by atoms with Crippen LogP contribution in [-0.2, 0) is 9.53 Å². The lowest BCUT2D eigenvalue weighted by Gasteiger charge is -2.19. The molecule has 7 heteroatoms. The van der Waals surface area contributed by atoms with E-state index in [9.17, 15) is 4.79 Å². The molecule has 0 radical (unpaired) electrons. The normalized spacial score (nSPS) is 21.0. The Hall–Kier alpha value is -2.44. The van der Waals surface area contributed by atoms with Gasteiger partial charge in [-0.1, -0.05) is 12.2 Å². The van der Waals surface area contributed by atoms with E-state index in [0.717, 1.165) is 12.1 Å². The fourth-order valence-electron chi connectivity index (χ4n) is 2.59. The summed E-state index contributed by atoms with van der Waals surface area (Å²) in [6.07, 6.45) is 8.18. The second-order valence-electron chi connectivity index (χ2n) is 6.88. The third-order valence-electron chi connectivity index (χ3n) is 3.93. The van der Waals surface area contributed by atoms with Crippen LogP contribution in [0.4, 0.5) is 5.82 Å². The average Bonchev–Trinajstić information content (AvgIpc) is 3.10. The van der Waals surface area contributed by atoms with E-state index in [0.29, 0.717) is 17.9 Å². The highest BCUT2D eigenvalue weighted by molar-refractivity contribution is 5.81. The first-order valence-electron chi connectivity index (χ1n) is 7.65. The summed E-state index contributed by atoms with van der Waals surface area (Å²) in [4.78, 5) is 24.4. The predicted octanol–water partition coefficient (Wildman–Crippen LogP) is 2.12. The third kappa shape index (κ3) is 3.04. The highest BCUT2D eigenvalue weighted by Crippen LogP contribution is 2.31. The van der Waals surface area contributed by atoms with E-state index in [1.54, 1.807) is 6.33 Å². The fourth-order valence-corrected chi connectivity index (χ4v) is 2.59. The lowest BCUT2D eigenvalue weighted by Crippen LogP contribution is -2.25. The molecular weight excluding hydrogens is 294 g/mol. The summed E-state index contributed by atoms with van der Waals surface area (Å²) in [7, 11) is 0. The van der Waals surface area contributed by atoms with E-state index < -0.39 is 5.41 Å². The number of nitrogen functional groups attached to an aromatic ring is 1. The van der Waals surface area contributed by atoms with E-state index >= 15 is 0 Å². The molecule has 0 bridgehead atoms. The maximum Gasteiger partial charge on any atom is 0.311 e. The number of carbonyl (C=O) groups excluding carboxylic acids is 1. The molecule has 2 atom stereocenters. The van der Waals surface area contributed by atoms with Crippen molar-refractivity contribution >= 4 is 23.0 Å². The first kappa shape index (κ1) is 15.5. The molecule has 1 aliphatic rings. The number of rotatable bonds is 3. The fraction of sp³-hybridized carbons (Fsp3) is 0.500. The Bertz CT molecular complexity index is 759. The van der Waals surface area contributed by atoms with Crippen LogP contribution >= 0.6 is 0 Å². The zero-order valence-electron chi connectivity index (χ0n) is 13.6. The molecule has 0 amide bonds. The number of hydrogen-bond acceptors (Lipinski definition) is 6. The molecule has 1 aliphatic carbocycles. The van der Waals surface area contributed by atoms with Crippen molar-refractivity contribution in [3.8, 4) is 0 Å². The van der Waals surface area contributed by atoms with Gasteiger partial charge in [-0.05, 0) is 27.2 Å². The summed E-state index contributed by atoms with van der Waals surface area (Å²) in [5.41, 5.74) is 6.68. The summed E-state index contributed by atoms with van der Waals surface area (Å²) in [5.74, 6) is 0.400.